The number of carbonyl (C=O) groups excluding carboxylic acids is 1. The van der Waals surface area contributed by atoms with E-state index in [1.807, 2.05) is 0 Å². The van der Waals surface area contributed by atoms with Crippen molar-refractivity contribution < 1.29 is 22.0 Å². The highest BCUT2D eigenvalue weighted by Gasteiger charge is 2.23. The van der Waals surface area contributed by atoms with E-state index in [1.54, 1.807) is 18.2 Å². The van der Waals surface area contributed by atoms with E-state index in [9.17, 15) is 22.0 Å². The zero-order chi connectivity index (χ0) is 21.2. The molecule has 3 rings (SSSR count). The normalized spacial score (nSPS) is 11.2. The number of carbonyl (C=O) groups is 1. The Morgan fingerprint density at radius 1 is 1.00 bits per heavy atom. The van der Waals surface area contributed by atoms with Gasteiger partial charge in [0.15, 0.2) is 0 Å². The summed E-state index contributed by atoms with van der Waals surface area (Å²) < 4.78 is 53.4. The van der Waals surface area contributed by atoms with Crippen LogP contribution in [-0.4, -0.2) is 21.4 Å². The van der Waals surface area contributed by atoms with E-state index in [4.69, 9.17) is 11.6 Å². The first-order chi connectivity index (χ1) is 13.7. The molecule has 0 spiro atoms. The summed E-state index contributed by atoms with van der Waals surface area (Å²) in [5.74, 6) is -2.50. The summed E-state index contributed by atoms with van der Waals surface area (Å²) in [6, 6.07) is 14.6. The number of benzene rings is 3. The van der Waals surface area contributed by atoms with Crippen LogP contribution in [0.3, 0.4) is 0 Å². The molecule has 1 N–H and O–H groups in total. The van der Waals surface area contributed by atoms with Crippen molar-refractivity contribution in [3.05, 3.63) is 89.0 Å². The highest BCUT2D eigenvalue weighted by Crippen LogP contribution is 2.27. The van der Waals surface area contributed by atoms with Crippen molar-refractivity contribution >= 4 is 38.9 Å². The van der Waals surface area contributed by atoms with Crippen molar-refractivity contribution in [3.8, 4) is 0 Å². The van der Waals surface area contributed by atoms with Gasteiger partial charge in [0, 0.05) is 13.1 Å². The monoisotopic (exact) mass is 436 g/mol. The molecular weight excluding hydrogens is 422 g/mol. The molecule has 0 radical (unpaired) electrons. The molecular formula is C20H15ClF2N2O3S. The van der Waals surface area contributed by atoms with Crippen molar-refractivity contribution in [1.82, 2.24) is 0 Å². The lowest BCUT2D eigenvalue weighted by Gasteiger charge is -2.20. The number of anilines is 2. The van der Waals surface area contributed by atoms with Gasteiger partial charge in [-0.05, 0) is 42.5 Å². The number of nitrogens with zero attached hydrogens (tertiary/aromatic N) is 1. The average Bonchev–Trinajstić information content (AvgIpc) is 2.70. The summed E-state index contributed by atoms with van der Waals surface area (Å²) >= 11 is 6.08. The third-order valence-corrected chi connectivity index (χ3v) is 6.27. The van der Waals surface area contributed by atoms with Crippen LogP contribution in [0.1, 0.15) is 10.4 Å². The van der Waals surface area contributed by atoms with Gasteiger partial charge in [0.05, 0.1) is 26.9 Å². The molecule has 0 saturated carbocycles. The van der Waals surface area contributed by atoms with Gasteiger partial charge in [0.2, 0.25) is 0 Å². The molecule has 3 aromatic carbocycles. The molecule has 29 heavy (non-hydrogen) atoms. The fraction of sp³-hybridized carbons (Fsp3) is 0.0500. The first-order valence-electron chi connectivity index (χ1n) is 8.30. The van der Waals surface area contributed by atoms with Crippen LogP contribution in [0.2, 0.25) is 5.02 Å². The molecule has 3 aromatic rings. The maximum Gasteiger partial charge on any atom is 0.264 e. The van der Waals surface area contributed by atoms with Gasteiger partial charge < -0.3 is 5.32 Å². The number of sulfonamides is 1. The smallest absolute Gasteiger partial charge is 0.264 e. The topological polar surface area (TPSA) is 66.5 Å². The van der Waals surface area contributed by atoms with E-state index in [0.717, 1.165) is 16.4 Å². The fourth-order valence-electron chi connectivity index (χ4n) is 2.55. The van der Waals surface area contributed by atoms with Crippen molar-refractivity contribution in [2.75, 3.05) is 16.7 Å². The number of amides is 1. The third kappa shape index (κ3) is 4.38. The number of rotatable bonds is 5. The van der Waals surface area contributed by atoms with Crippen LogP contribution < -0.4 is 9.62 Å². The molecule has 0 fully saturated rings. The molecule has 0 aromatic heterocycles. The van der Waals surface area contributed by atoms with E-state index < -0.39 is 27.6 Å². The third-order valence-electron chi connectivity index (χ3n) is 4.14. The lowest BCUT2D eigenvalue weighted by Crippen LogP contribution is -2.27. The predicted octanol–water partition coefficient (Wildman–Crippen LogP) is 4.70. The van der Waals surface area contributed by atoms with Crippen molar-refractivity contribution in [3.63, 3.8) is 0 Å². The molecule has 9 heteroatoms. The van der Waals surface area contributed by atoms with Gasteiger partial charge in [-0.2, -0.15) is 0 Å². The van der Waals surface area contributed by atoms with E-state index in [1.165, 1.54) is 37.4 Å². The van der Waals surface area contributed by atoms with Gasteiger partial charge in [-0.1, -0.05) is 29.8 Å². The Morgan fingerprint density at radius 3 is 2.34 bits per heavy atom. The second kappa shape index (κ2) is 8.18. The molecule has 0 bridgehead atoms. The first-order valence-corrected chi connectivity index (χ1v) is 10.1. The molecule has 0 atom stereocenters. The summed E-state index contributed by atoms with van der Waals surface area (Å²) in [5.41, 5.74) is -0.117. The van der Waals surface area contributed by atoms with Gasteiger partial charge in [-0.25, -0.2) is 17.2 Å². The lowest BCUT2D eigenvalue weighted by atomic mass is 10.1. The highest BCUT2D eigenvalue weighted by atomic mass is 35.5. The zero-order valence-corrected chi connectivity index (χ0v) is 16.6. The molecule has 0 aliphatic rings. The molecule has 0 aliphatic carbocycles. The summed E-state index contributed by atoms with van der Waals surface area (Å²) in [4.78, 5) is 12.6. The van der Waals surface area contributed by atoms with Crippen LogP contribution in [0.15, 0.2) is 71.6 Å². The second-order valence-electron chi connectivity index (χ2n) is 6.03. The van der Waals surface area contributed by atoms with Crippen LogP contribution in [0.4, 0.5) is 20.2 Å². The van der Waals surface area contributed by atoms with Gasteiger partial charge in [-0.15, -0.1) is 0 Å². The van der Waals surface area contributed by atoms with E-state index >= 15 is 0 Å². The molecule has 0 unspecified atom stereocenters. The van der Waals surface area contributed by atoms with Crippen LogP contribution >= 0.6 is 11.6 Å². The van der Waals surface area contributed by atoms with E-state index in [-0.39, 0.29) is 26.9 Å². The largest absolute Gasteiger partial charge is 0.319 e. The van der Waals surface area contributed by atoms with Crippen LogP contribution in [0.25, 0.3) is 0 Å². The summed E-state index contributed by atoms with van der Waals surface area (Å²) in [5, 5.41) is 2.34. The average molecular weight is 437 g/mol. The Morgan fingerprint density at radius 2 is 1.69 bits per heavy atom. The Balaban J connectivity index is 1.92. The first kappa shape index (κ1) is 20.8. The van der Waals surface area contributed by atoms with Crippen molar-refractivity contribution in [2.45, 2.75) is 4.90 Å². The van der Waals surface area contributed by atoms with Crippen LogP contribution in [0, 0.1) is 11.6 Å². The molecule has 5 nitrogen and oxygen atoms in total. The van der Waals surface area contributed by atoms with E-state index in [2.05, 4.69) is 5.32 Å². The maximum atomic E-state index is 13.8. The van der Waals surface area contributed by atoms with Gasteiger partial charge in [0.1, 0.15) is 11.6 Å². The predicted molar refractivity (Wildman–Crippen MR) is 108 cm³/mol. The molecule has 0 heterocycles. The minimum Gasteiger partial charge on any atom is -0.319 e. The summed E-state index contributed by atoms with van der Waals surface area (Å²) in [6.07, 6.45) is 0. The van der Waals surface area contributed by atoms with Gasteiger partial charge in [0.25, 0.3) is 15.9 Å². The Kier molecular flexibility index (Phi) is 5.86. The van der Waals surface area contributed by atoms with Crippen LogP contribution in [0.5, 0.6) is 0 Å². The number of hydrogen-bond acceptors (Lipinski definition) is 3. The Hall–Kier alpha value is -2.97. The van der Waals surface area contributed by atoms with Gasteiger partial charge in [-0.3, -0.25) is 9.10 Å². The molecule has 0 aliphatic heterocycles. The van der Waals surface area contributed by atoms with E-state index in [0.29, 0.717) is 6.07 Å². The number of hydrogen-bond donors (Lipinski definition) is 1. The quantitative estimate of drug-likeness (QED) is 0.630. The van der Waals surface area contributed by atoms with Crippen molar-refractivity contribution in [1.29, 1.82) is 0 Å². The van der Waals surface area contributed by atoms with Gasteiger partial charge >= 0.3 is 0 Å². The molecule has 150 valence electrons. The highest BCUT2D eigenvalue weighted by molar-refractivity contribution is 7.92. The number of halogens is 3. The summed E-state index contributed by atoms with van der Waals surface area (Å²) in [6.45, 7) is 0. The maximum absolute atomic E-state index is 13.8. The lowest BCUT2D eigenvalue weighted by molar-refractivity contribution is 0.102. The summed E-state index contributed by atoms with van der Waals surface area (Å²) in [7, 11) is -2.52. The second-order valence-corrected chi connectivity index (χ2v) is 8.40. The standard InChI is InChI=1S/C20H15ClF2N2O3S/c1-25(29(27,28)15-5-3-2-4-6-15)14-8-9-17(21)16(12-14)20(26)24-19-10-7-13(22)11-18(19)23/h2-12H,1H3,(H,24,26). The molecule has 1 amide bonds. The SMILES string of the molecule is CN(c1ccc(Cl)c(C(=O)Nc2ccc(F)cc2F)c1)S(=O)(=O)c1ccccc1. The minimum absolute atomic E-state index is 0.0410. The fourth-order valence-corrected chi connectivity index (χ4v) is 3.96. The Labute approximate surface area is 171 Å². The zero-order valence-electron chi connectivity index (χ0n) is 15.1. The van der Waals surface area contributed by atoms with Crippen molar-refractivity contribution in [2.24, 2.45) is 0 Å². The van der Waals surface area contributed by atoms with Crippen LogP contribution in [-0.2, 0) is 10.0 Å². The number of nitrogens with one attached hydrogen (secondary N) is 1. The molecule has 0 saturated heterocycles. The Bertz CT molecular complexity index is 1170. The minimum atomic E-state index is -3.86.